The number of aryl methyl sites for hydroxylation is 1. The van der Waals surface area contributed by atoms with Gasteiger partial charge < -0.3 is 14.9 Å². The number of rotatable bonds is 5. The molecule has 1 aromatic heterocycles. The minimum Gasteiger partial charge on any atom is -0.384 e. The minimum atomic E-state index is -1.17. The topological polar surface area (TPSA) is 88.2 Å². The number of benzene rings is 2. The Balaban J connectivity index is 1.78. The van der Waals surface area contributed by atoms with Gasteiger partial charge in [0.2, 0.25) is 0 Å². The third-order valence-corrected chi connectivity index (χ3v) is 3.92. The summed E-state index contributed by atoms with van der Waals surface area (Å²) in [6, 6.07) is 16.2. The molecule has 0 radical (unpaired) electrons. The van der Waals surface area contributed by atoms with Gasteiger partial charge in [0.05, 0.1) is 17.7 Å². The lowest BCUT2D eigenvalue weighted by Crippen LogP contribution is -2.38. The van der Waals surface area contributed by atoms with Gasteiger partial charge in [-0.3, -0.25) is 4.79 Å². The van der Waals surface area contributed by atoms with Crippen LogP contribution >= 0.6 is 0 Å². The predicted molar refractivity (Wildman–Crippen MR) is 92.8 cm³/mol. The first kappa shape index (κ1) is 16.9. The molecular weight excluding hydrogens is 318 g/mol. The van der Waals surface area contributed by atoms with E-state index in [1.165, 1.54) is 0 Å². The predicted octanol–water partition coefficient (Wildman–Crippen LogP) is 2.68. The molecule has 0 aliphatic heterocycles. The van der Waals surface area contributed by atoms with Crippen LogP contribution in [0.15, 0.2) is 59.1 Å². The second-order valence-electron chi connectivity index (χ2n) is 6.01. The van der Waals surface area contributed by atoms with Crippen LogP contribution in [0.1, 0.15) is 28.7 Å². The smallest absolute Gasteiger partial charge is 0.258 e. The van der Waals surface area contributed by atoms with E-state index in [4.69, 9.17) is 4.52 Å². The van der Waals surface area contributed by atoms with Crippen molar-refractivity contribution in [3.05, 3.63) is 71.5 Å². The number of hydrogen-bond donors (Lipinski definition) is 2. The normalized spacial score (nSPS) is 13.2. The molecule has 1 heterocycles. The molecule has 0 spiro atoms. The van der Waals surface area contributed by atoms with Crippen molar-refractivity contribution in [1.29, 1.82) is 0 Å². The Morgan fingerprint density at radius 2 is 1.84 bits per heavy atom. The molecule has 2 N–H and O–H groups in total. The Hall–Kier alpha value is -2.99. The van der Waals surface area contributed by atoms with Crippen LogP contribution < -0.4 is 5.32 Å². The molecule has 0 bridgehead atoms. The van der Waals surface area contributed by atoms with Crippen LogP contribution in [0.3, 0.4) is 0 Å². The monoisotopic (exact) mass is 337 g/mol. The summed E-state index contributed by atoms with van der Waals surface area (Å²) in [6.45, 7) is 3.45. The first-order chi connectivity index (χ1) is 12.0. The van der Waals surface area contributed by atoms with E-state index in [2.05, 4.69) is 15.5 Å². The number of carbonyl (C=O) groups excluding carboxylic acids is 1. The maximum Gasteiger partial charge on any atom is 0.258 e. The van der Waals surface area contributed by atoms with Gasteiger partial charge in [-0.1, -0.05) is 47.6 Å². The van der Waals surface area contributed by atoms with E-state index in [9.17, 15) is 9.90 Å². The number of amides is 1. The molecule has 6 nitrogen and oxygen atoms in total. The molecule has 6 heteroatoms. The number of nitrogens with zero attached hydrogens (tertiary/aromatic N) is 2. The molecule has 1 atom stereocenters. The van der Waals surface area contributed by atoms with Crippen LogP contribution in [0, 0.1) is 6.92 Å². The van der Waals surface area contributed by atoms with E-state index in [-0.39, 0.29) is 18.3 Å². The lowest BCUT2D eigenvalue weighted by Gasteiger charge is -2.24. The van der Waals surface area contributed by atoms with Gasteiger partial charge in [-0.25, -0.2) is 0 Å². The Kier molecular flexibility index (Phi) is 4.63. The summed E-state index contributed by atoms with van der Waals surface area (Å²) in [5.41, 5.74) is 0.526. The first-order valence-electron chi connectivity index (χ1n) is 7.93. The van der Waals surface area contributed by atoms with E-state index in [1.54, 1.807) is 38.1 Å². The van der Waals surface area contributed by atoms with Crippen molar-refractivity contribution in [3.8, 4) is 11.5 Å². The van der Waals surface area contributed by atoms with E-state index >= 15 is 0 Å². The standard InChI is InChI=1S/C19H19N3O3/c1-13-21-18(25-22-13)16-11-7-6-10-15(16)17(23)20-12-19(2,24)14-8-4-3-5-9-14/h3-11,24H,12H2,1-2H3,(H,20,23)/t19-/m0/s1. The molecular formula is C19H19N3O3. The SMILES string of the molecule is Cc1noc(-c2ccccc2C(=O)NC[C@](C)(O)c2ccccc2)n1. The van der Waals surface area contributed by atoms with E-state index in [0.717, 1.165) is 5.56 Å². The Bertz CT molecular complexity index is 872. The molecule has 0 fully saturated rings. The van der Waals surface area contributed by atoms with Crippen LogP contribution in [0.2, 0.25) is 0 Å². The first-order valence-corrected chi connectivity index (χ1v) is 7.93. The van der Waals surface area contributed by atoms with E-state index in [1.807, 2.05) is 30.3 Å². The third kappa shape index (κ3) is 3.75. The summed E-state index contributed by atoms with van der Waals surface area (Å²) < 4.78 is 5.17. The summed E-state index contributed by atoms with van der Waals surface area (Å²) >= 11 is 0. The maximum atomic E-state index is 12.6. The molecule has 0 saturated carbocycles. The third-order valence-electron chi connectivity index (χ3n) is 3.92. The summed E-state index contributed by atoms with van der Waals surface area (Å²) in [5, 5.41) is 17.2. The highest BCUT2D eigenvalue weighted by atomic mass is 16.5. The summed E-state index contributed by atoms with van der Waals surface area (Å²) in [6.07, 6.45) is 0. The van der Waals surface area contributed by atoms with Gasteiger partial charge in [0.15, 0.2) is 5.82 Å². The molecule has 128 valence electrons. The number of nitrogens with one attached hydrogen (secondary N) is 1. The summed E-state index contributed by atoms with van der Waals surface area (Å²) in [7, 11) is 0. The lowest BCUT2D eigenvalue weighted by molar-refractivity contribution is 0.0526. The molecule has 25 heavy (non-hydrogen) atoms. The number of hydrogen-bond acceptors (Lipinski definition) is 5. The zero-order valence-electron chi connectivity index (χ0n) is 14.1. The van der Waals surface area contributed by atoms with Gasteiger partial charge in [-0.15, -0.1) is 0 Å². The number of aliphatic hydroxyl groups is 1. The van der Waals surface area contributed by atoms with Gasteiger partial charge in [0.25, 0.3) is 11.8 Å². The fourth-order valence-corrected chi connectivity index (χ4v) is 2.52. The van der Waals surface area contributed by atoms with Crippen molar-refractivity contribution in [2.45, 2.75) is 19.4 Å². The van der Waals surface area contributed by atoms with Crippen molar-refractivity contribution in [3.63, 3.8) is 0 Å². The van der Waals surface area contributed by atoms with Gasteiger partial charge in [-0.05, 0) is 31.5 Å². The quantitative estimate of drug-likeness (QED) is 0.747. The largest absolute Gasteiger partial charge is 0.384 e. The molecule has 0 saturated heterocycles. The van der Waals surface area contributed by atoms with Crippen LogP contribution in [0.4, 0.5) is 0 Å². The van der Waals surface area contributed by atoms with Crippen LogP contribution in [-0.4, -0.2) is 27.7 Å². The summed E-state index contributed by atoms with van der Waals surface area (Å²) in [4.78, 5) is 16.8. The van der Waals surface area contributed by atoms with Gasteiger partial charge in [0.1, 0.15) is 5.60 Å². The lowest BCUT2D eigenvalue weighted by atomic mass is 9.96. The highest BCUT2D eigenvalue weighted by Crippen LogP contribution is 2.23. The van der Waals surface area contributed by atoms with E-state index < -0.39 is 5.60 Å². The highest BCUT2D eigenvalue weighted by molar-refractivity contribution is 5.99. The number of aromatic nitrogens is 2. The van der Waals surface area contributed by atoms with E-state index in [0.29, 0.717) is 17.0 Å². The Morgan fingerprint density at radius 1 is 1.16 bits per heavy atom. The zero-order valence-corrected chi connectivity index (χ0v) is 14.1. The molecule has 1 amide bonds. The molecule has 0 unspecified atom stereocenters. The maximum absolute atomic E-state index is 12.6. The molecule has 3 aromatic rings. The van der Waals surface area contributed by atoms with Gasteiger partial charge >= 0.3 is 0 Å². The summed E-state index contributed by atoms with van der Waals surface area (Å²) in [5.74, 6) is 0.470. The van der Waals surface area contributed by atoms with Crippen molar-refractivity contribution >= 4 is 5.91 Å². The Labute approximate surface area is 145 Å². The molecule has 2 aromatic carbocycles. The Morgan fingerprint density at radius 3 is 2.52 bits per heavy atom. The second kappa shape index (κ2) is 6.86. The van der Waals surface area contributed by atoms with Crippen molar-refractivity contribution < 1.29 is 14.4 Å². The van der Waals surface area contributed by atoms with Crippen LogP contribution in [-0.2, 0) is 5.60 Å². The van der Waals surface area contributed by atoms with Crippen molar-refractivity contribution in [2.75, 3.05) is 6.54 Å². The average molecular weight is 337 g/mol. The zero-order chi connectivity index (χ0) is 17.9. The fourth-order valence-electron chi connectivity index (χ4n) is 2.52. The highest BCUT2D eigenvalue weighted by Gasteiger charge is 2.25. The van der Waals surface area contributed by atoms with Crippen LogP contribution in [0.25, 0.3) is 11.5 Å². The van der Waals surface area contributed by atoms with Crippen LogP contribution in [0.5, 0.6) is 0 Å². The van der Waals surface area contributed by atoms with Gasteiger partial charge in [-0.2, -0.15) is 4.98 Å². The molecule has 3 rings (SSSR count). The fraction of sp³-hybridized carbons (Fsp3) is 0.211. The van der Waals surface area contributed by atoms with Gasteiger partial charge in [0, 0.05) is 0 Å². The average Bonchev–Trinajstić information content (AvgIpc) is 3.07. The second-order valence-corrected chi connectivity index (χ2v) is 6.01. The van der Waals surface area contributed by atoms with Crippen molar-refractivity contribution in [1.82, 2.24) is 15.5 Å². The molecule has 0 aliphatic rings. The number of carbonyl (C=O) groups is 1. The minimum absolute atomic E-state index is 0.0764. The molecule has 0 aliphatic carbocycles. The van der Waals surface area contributed by atoms with Crippen molar-refractivity contribution in [2.24, 2.45) is 0 Å².